The maximum atomic E-state index is 11.2. The smallest absolute Gasteiger partial charge is 0.305 e. The van der Waals surface area contributed by atoms with Gasteiger partial charge in [-0.2, -0.15) is 0 Å². The number of hydrogen-bond donors (Lipinski definition) is 0. The average molecular weight is 271 g/mol. The van der Waals surface area contributed by atoms with Crippen LogP contribution in [0.3, 0.4) is 0 Å². The number of benzene rings is 1. The number of aryl methyl sites for hydroxylation is 2. The summed E-state index contributed by atoms with van der Waals surface area (Å²) in [7, 11) is 1.38. The molecule has 0 N–H and O–H groups in total. The number of ether oxygens (including phenoxy) is 2. The molecule has 1 aromatic rings. The van der Waals surface area contributed by atoms with Crippen LogP contribution in [0.2, 0.25) is 5.02 Å². The minimum Gasteiger partial charge on any atom is -0.491 e. The van der Waals surface area contributed by atoms with Crippen molar-refractivity contribution >= 4 is 17.6 Å². The Hall–Kier alpha value is -1.22. The minimum absolute atomic E-state index is 0.0856. The van der Waals surface area contributed by atoms with Gasteiger partial charge >= 0.3 is 5.97 Å². The zero-order valence-electron chi connectivity index (χ0n) is 11.2. The summed E-state index contributed by atoms with van der Waals surface area (Å²) in [6.45, 7) is 5.86. The Balaban J connectivity index is 2.92. The first-order valence-corrected chi connectivity index (χ1v) is 6.34. The van der Waals surface area contributed by atoms with Crippen LogP contribution in [-0.4, -0.2) is 19.2 Å². The summed E-state index contributed by atoms with van der Waals surface area (Å²) in [6.07, 6.45) is 0.974. The van der Waals surface area contributed by atoms with E-state index in [1.54, 1.807) is 0 Å². The van der Waals surface area contributed by atoms with E-state index in [9.17, 15) is 4.79 Å². The Labute approximate surface area is 113 Å². The van der Waals surface area contributed by atoms with E-state index in [4.69, 9.17) is 16.3 Å². The Morgan fingerprint density at radius 1 is 1.39 bits per heavy atom. The molecule has 3 nitrogen and oxygen atoms in total. The van der Waals surface area contributed by atoms with Gasteiger partial charge in [0.05, 0.1) is 13.2 Å². The third kappa shape index (κ3) is 4.22. The van der Waals surface area contributed by atoms with Crippen LogP contribution in [0.5, 0.6) is 5.75 Å². The molecule has 0 aromatic heterocycles. The highest BCUT2D eigenvalue weighted by atomic mass is 35.5. The van der Waals surface area contributed by atoms with Crippen LogP contribution in [-0.2, 0) is 16.0 Å². The van der Waals surface area contributed by atoms with Gasteiger partial charge in [0, 0.05) is 11.4 Å². The highest BCUT2D eigenvalue weighted by Crippen LogP contribution is 2.28. The first-order chi connectivity index (χ1) is 8.43. The number of carbonyl (C=O) groups is 1. The Bertz CT molecular complexity index is 427. The molecule has 0 aliphatic heterocycles. The van der Waals surface area contributed by atoms with Gasteiger partial charge in [-0.15, -0.1) is 0 Å². The fourth-order valence-corrected chi connectivity index (χ4v) is 1.78. The van der Waals surface area contributed by atoms with Crippen molar-refractivity contribution in [1.29, 1.82) is 0 Å². The first kappa shape index (κ1) is 14.8. The molecule has 0 fully saturated rings. The molecule has 0 saturated carbocycles. The Kier molecular flexibility index (Phi) is 5.48. The van der Waals surface area contributed by atoms with Crippen molar-refractivity contribution in [3.8, 4) is 5.75 Å². The summed E-state index contributed by atoms with van der Waals surface area (Å²) in [4.78, 5) is 11.2. The van der Waals surface area contributed by atoms with Gasteiger partial charge in [0.1, 0.15) is 5.75 Å². The summed E-state index contributed by atoms with van der Waals surface area (Å²) in [6, 6.07) is 3.77. The molecule has 0 unspecified atom stereocenters. The summed E-state index contributed by atoms with van der Waals surface area (Å²) >= 11 is 6.10. The summed E-state index contributed by atoms with van der Waals surface area (Å²) < 4.78 is 10.4. The highest BCUT2D eigenvalue weighted by Gasteiger charge is 2.11. The lowest BCUT2D eigenvalue weighted by atomic mass is 10.1. The second-order valence-corrected chi connectivity index (χ2v) is 4.86. The third-order valence-corrected chi connectivity index (χ3v) is 2.94. The lowest BCUT2D eigenvalue weighted by molar-refractivity contribution is -0.140. The zero-order chi connectivity index (χ0) is 13.7. The van der Waals surface area contributed by atoms with E-state index in [-0.39, 0.29) is 12.1 Å². The molecule has 18 heavy (non-hydrogen) atoms. The van der Waals surface area contributed by atoms with Gasteiger partial charge < -0.3 is 9.47 Å². The SMILES string of the molecule is COC(=O)CCc1cc(Cl)c(C)cc1OC(C)C. The number of halogens is 1. The van der Waals surface area contributed by atoms with E-state index < -0.39 is 0 Å². The van der Waals surface area contributed by atoms with Gasteiger partial charge in [0.2, 0.25) is 0 Å². The van der Waals surface area contributed by atoms with Crippen molar-refractivity contribution < 1.29 is 14.3 Å². The van der Waals surface area contributed by atoms with E-state index in [0.717, 1.165) is 16.9 Å². The maximum absolute atomic E-state index is 11.2. The molecule has 1 rings (SSSR count). The molecule has 0 bridgehead atoms. The molecule has 0 amide bonds. The molecule has 0 aliphatic rings. The van der Waals surface area contributed by atoms with E-state index in [0.29, 0.717) is 17.9 Å². The zero-order valence-corrected chi connectivity index (χ0v) is 12.0. The van der Waals surface area contributed by atoms with Crippen LogP contribution in [0.1, 0.15) is 31.4 Å². The standard InChI is InChI=1S/C14H19ClO3/c1-9(2)18-13-7-10(3)12(15)8-11(13)5-6-14(16)17-4/h7-9H,5-6H2,1-4H3. The summed E-state index contributed by atoms with van der Waals surface area (Å²) in [5.41, 5.74) is 1.90. The molecule has 0 aliphatic carbocycles. The molecule has 100 valence electrons. The molecule has 0 radical (unpaired) electrons. The van der Waals surface area contributed by atoms with Crippen LogP contribution in [0.25, 0.3) is 0 Å². The maximum Gasteiger partial charge on any atom is 0.305 e. The molecule has 0 saturated heterocycles. The number of hydrogen-bond acceptors (Lipinski definition) is 3. The fraction of sp³-hybridized carbons (Fsp3) is 0.500. The van der Waals surface area contributed by atoms with Gasteiger partial charge in [0.25, 0.3) is 0 Å². The van der Waals surface area contributed by atoms with Crippen molar-refractivity contribution in [3.05, 3.63) is 28.3 Å². The van der Waals surface area contributed by atoms with E-state index in [1.807, 2.05) is 32.9 Å². The monoisotopic (exact) mass is 270 g/mol. The molecule has 0 heterocycles. The van der Waals surface area contributed by atoms with Gasteiger partial charge in [-0.1, -0.05) is 11.6 Å². The van der Waals surface area contributed by atoms with Gasteiger partial charge in [-0.05, 0) is 50.5 Å². The molecule has 4 heteroatoms. The first-order valence-electron chi connectivity index (χ1n) is 5.96. The van der Waals surface area contributed by atoms with Crippen LogP contribution in [0.4, 0.5) is 0 Å². The molecule has 0 spiro atoms. The van der Waals surface area contributed by atoms with Gasteiger partial charge in [-0.25, -0.2) is 0 Å². The second-order valence-electron chi connectivity index (χ2n) is 4.45. The fourth-order valence-electron chi connectivity index (χ4n) is 1.59. The van der Waals surface area contributed by atoms with Crippen molar-refractivity contribution in [1.82, 2.24) is 0 Å². The lowest BCUT2D eigenvalue weighted by Gasteiger charge is -2.15. The van der Waals surface area contributed by atoms with Crippen LogP contribution < -0.4 is 4.74 Å². The van der Waals surface area contributed by atoms with Crippen LogP contribution in [0, 0.1) is 6.92 Å². The average Bonchev–Trinajstić information content (AvgIpc) is 2.30. The van der Waals surface area contributed by atoms with Crippen molar-refractivity contribution in [2.75, 3.05) is 7.11 Å². The van der Waals surface area contributed by atoms with Crippen molar-refractivity contribution in [2.45, 2.75) is 39.7 Å². The van der Waals surface area contributed by atoms with Crippen molar-refractivity contribution in [2.24, 2.45) is 0 Å². The van der Waals surface area contributed by atoms with E-state index in [1.165, 1.54) is 7.11 Å². The predicted molar refractivity (Wildman–Crippen MR) is 72.3 cm³/mol. The lowest BCUT2D eigenvalue weighted by Crippen LogP contribution is -2.09. The van der Waals surface area contributed by atoms with E-state index >= 15 is 0 Å². The van der Waals surface area contributed by atoms with E-state index in [2.05, 4.69) is 4.74 Å². The largest absolute Gasteiger partial charge is 0.491 e. The molecular weight excluding hydrogens is 252 g/mol. The Morgan fingerprint density at radius 3 is 2.61 bits per heavy atom. The van der Waals surface area contributed by atoms with Crippen LogP contribution >= 0.6 is 11.6 Å². The topological polar surface area (TPSA) is 35.5 Å². The van der Waals surface area contributed by atoms with Gasteiger partial charge in [0.15, 0.2) is 0 Å². The number of esters is 1. The summed E-state index contributed by atoms with van der Waals surface area (Å²) in [5, 5.41) is 0.686. The third-order valence-electron chi connectivity index (χ3n) is 2.53. The molecule has 0 atom stereocenters. The second kappa shape index (κ2) is 6.64. The normalized spacial score (nSPS) is 10.6. The molecule has 1 aromatic carbocycles. The van der Waals surface area contributed by atoms with Crippen molar-refractivity contribution in [3.63, 3.8) is 0 Å². The number of methoxy groups -OCH3 is 1. The number of rotatable bonds is 5. The quantitative estimate of drug-likeness (QED) is 0.768. The Morgan fingerprint density at radius 2 is 2.06 bits per heavy atom. The highest BCUT2D eigenvalue weighted by molar-refractivity contribution is 6.31. The minimum atomic E-state index is -0.234. The summed E-state index contributed by atoms with van der Waals surface area (Å²) in [5.74, 6) is 0.554. The number of carbonyl (C=O) groups excluding carboxylic acids is 1. The predicted octanol–water partition coefficient (Wildman–Crippen LogP) is 3.54. The van der Waals surface area contributed by atoms with Gasteiger partial charge in [-0.3, -0.25) is 4.79 Å². The molecular formula is C14H19ClO3. The van der Waals surface area contributed by atoms with Crippen LogP contribution in [0.15, 0.2) is 12.1 Å².